The predicted molar refractivity (Wildman–Crippen MR) is 83.6 cm³/mol. The third kappa shape index (κ3) is 3.76. The van der Waals surface area contributed by atoms with Crippen LogP contribution in [0, 0.1) is 0 Å². The van der Waals surface area contributed by atoms with Crippen LogP contribution in [0.15, 0.2) is 72.4 Å². The van der Waals surface area contributed by atoms with Gasteiger partial charge in [0.1, 0.15) is 12.5 Å². The molecule has 1 aliphatic carbocycles. The lowest BCUT2D eigenvalue weighted by Crippen LogP contribution is -2.13. The van der Waals surface area contributed by atoms with Crippen molar-refractivity contribution >= 4 is 5.78 Å². The number of ether oxygens (including phenoxy) is 2. The fraction of sp³-hybridized carbons (Fsp3) is 0.222. The topological polar surface area (TPSA) is 68.7 Å². The largest absolute Gasteiger partial charge is 0.457 e. The van der Waals surface area contributed by atoms with Crippen molar-refractivity contribution in [2.45, 2.75) is 25.4 Å². The van der Waals surface area contributed by atoms with Crippen molar-refractivity contribution in [3.63, 3.8) is 0 Å². The third-order valence-corrected chi connectivity index (χ3v) is 3.66. The number of carbonyl (C=O) groups excluding carboxylic acids is 1. The second-order valence-electron chi connectivity index (χ2n) is 5.28. The van der Waals surface area contributed by atoms with Crippen LogP contribution >= 0.6 is 0 Å². The fourth-order valence-electron chi connectivity index (χ4n) is 2.36. The Labute approximate surface area is 134 Å². The van der Waals surface area contributed by atoms with Gasteiger partial charge in [0.2, 0.25) is 11.5 Å². The van der Waals surface area contributed by atoms with E-state index < -0.39 is 6.10 Å². The van der Waals surface area contributed by atoms with Crippen molar-refractivity contribution < 1.29 is 19.4 Å². The van der Waals surface area contributed by atoms with Gasteiger partial charge in [-0.15, -0.1) is 0 Å². The lowest BCUT2D eigenvalue weighted by Gasteiger charge is -2.18. The Morgan fingerprint density at radius 3 is 2.74 bits per heavy atom. The maximum Gasteiger partial charge on any atom is 0.204 e. The van der Waals surface area contributed by atoms with Gasteiger partial charge in [-0.05, 0) is 36.1 Å². The average molecular weight is 311 g/mol. The zero-order chi connectivity index (χ0) is 16.1. The zero-order valence-corrected chi connectivity index (χ0v) is 12.5. The number of hydrogen-bond donors (Lipinski definition) is 1. The van der Waals surface area contributed by atoms with E-state index in [9.17, 15) is 9.90 Å². The van der Waals surface area contributed by atoms with E-state index in [0.717, 1.165) is 18.4 Å². The first-order chi connectivity index (χ1) is 11.2. The first-order valence-corrected chi connectivity index (χ1v) is 7.45. The van der Waals surface area contributed by atoms with Crippen LogP contribution in [-0.4, -0.2) is 15.9 Å². The molecule has 118 valence electrons. The smallest absolute Gasteiger partial charge is 0.204 e. The van der Waals surface area contributed by atoms with E-state index >= 15 is 0 Å². The minimum Gasteiger partial charge on any atom is -0.457 e. The number of aromatic nitrogens is 1. The Morgan fingerprint density at radius 2 is 2.09 bits per heavy atom. The van der Waals surface area contributed by atoms with Crippen LogP contribution in [-0.2, 0) is 14.3 Å². The van der Waals surface area contributed by atoms with E-state index in [0.29, 0.717) is 11.3 Å². The highest BCUT2D eigenvalue weighted by Crippen LogP contribution is 2.26. The molecule has 0 fully saturated rings. The van der Waals surface area contributed by atoms with Crippen molar-refractivity contribution in [2.75, 3.05) is 0 Å². The van der Waals surface area contributed by atoms with Crippen LogP contribution in [0.3, 0.4) is 0 Å². The molecule has 0 spiro atoms. The van der Waals surface area contributed by atoms with E-state index in [2.05, 4.69) is 11.1 Å². The number of pyridine rings is 1. The van der Waals surface area contributed by atoms with Gasteiger partial charge in [-0.3, -0.25) is 9.78 Å². The molecule has 1 atom stereocenters. The van der Waals surface area contributed by atoms with Gasteiger partial charge in [0, 0.05) is 18.8 Å². The van der Waals surface area contributed by atoms with Gasteiger partial charge in [-0.1, -0.05) is 18.2 Å². The van der Waals surface area contributed by atoms with Crippen molar-refractivity contribution in [3.05, 3.63) is 77.9 Å². The van der Waals surface area contributed by atoms with Crippen LogP contribution < -0.4 is 0 Å². The number of carbonyl (C=O) groups is 1. The summed E-state index contributed by atoms with van der Waals surface area (Å²) >= 11 is 0. The summed E-state index contributed by atoms with van der Waals surface area (Å²) in [5.41, 5.74) is 1.67. The first kappa shape index (κ1) is 15.2. The van der Waals surface area contributed by atoms with Crippen LogP contribution in [0.1, 0.15) is 30.9 Å². The highest BCUT2D eigenvalue weighted by molar-refractivity contribution is 5.93. The molecule has 23 heavy (non-hydrogen) atoms. The molecule has 0 aromatic carbocycles. The molecule has 0 saturated carbocycles. The second-order valence-corrected chi connectivity index (χ2v) is 5.28. The molecule has 1 aliphatic heterocycles. The minimum atomic E-state index is -0.897. The molecule has 5 heteroatoms. The first-order valence-electron chi connectivity index (χ1n) is 7.45. The normalized spacial score (nSPS) is 18.0. The van der Waals surface area contributed by atoms with E-state index in [1.165, 1.54) is 12.5 Å². The molecule has 3 rings (SSSR count). The van der Waals surface area contributed by atoms with Crippen LogP contribution in [0.4, 0.5) is 0 Å². The number of nitrogens with zero attached hydrogens (tertiary/aromatic N) is 1. The van der Waals surface area contributed by atoms with Crippen LogP contribution in [0.5, 0.6) is 0 Å². The molecular formula is C18H17NO4. The molecule has 0 radical (unpaired) electrons. The molecule has 0 amide bonds. The molecule has 1 unspecified atom stereocenters. The molecule has 2 aliphatic rings. The quantitative estimate of drug-likeness (QED) is 0.905. The van der Waals surface area contributed by atoms with Crippen LogP contribution in [0.2, 0.25) is 0 Å². The van der Waals surface area contributed by atoms with Gasteiger partial charge in [-0.2, -0.15) is 0 Å². The van der Waals surface area contributed by atoms with E-state index in [-0.39, 0.29) is 18.0 Å². The van der Waals surface area contributed by atoms with Gasteiger partial charge in [-0.25, -0.2) is 0 Å². The lowest BCUT2D eigenvalue weighted by molar-refractivity contribution is -0.120. The number of hydrogen-bond acceptors (Lipinski definition) is 5. The summed E-state index contributed by atoms with van der Waals surface area (Å²) in [6.45, 7) is 0. The number of allylic oxidation sites excluding steroid dienone is 5. The molecule has 0 bridgehead atoms. The van der Waals surface area contributed by atoms with Crippen LogP contribution in [0.25, 0.3) is 0 Å². The number of ketones is 1. The van der Waals surface area contributed by atoms with E-state index in [4.69, 9.17) is 9.47 Å². The molecule has 0 saturated heterocycles. The van der Waals surface area contributed by atoms with E-state index in [1.807, 2.05) is 12.2 Å². The Bertz CT molecular complexity index is 701. The highest BCUT2D eigenvalue weighted by atomic mass is 16.5. The average Bonchev–Trinajstić information content (AvgIpc) is 2.63. The van der Waals surface area contributed by atoms with Crippen molar-refractivity contribution in [1.29, 1.82) is 0 Å². The molecular weight excluding hydrogens is 294 g/mol. The number of aliphatic hydroxyl groups excluding tert-OH is 1. The summed E-state index contributed by atoms with van der Waals surface area (Å²) in [5.74, 6) is 0.386. The maximum absolute atomic E-state index is 12.2. The zero-order valence-electron chi connectivity index (χ0n) is 12.5. The second kappa shape index (κ2) is 7.07. The summed E-state index contributed by atoms with van der Waals surface area (Å²) in [7, 11) is 0. The third-order valence-electron chi connectivity index (χ3n) is 3.66. The monoisotopic (exact) mass is 311 g/mol. The Hall–Kier alpha value is -2.66. The highest BCUT2D eigenvalue weighted by Gasteiger charge is 2.21. The number of aliphatic hydroxyl groups is 1. The van der Waals surface area contributed by atoms with Gasteiger partial charge in [0.25, 0.3) is 0 Å². The molecule has 1 N–H and O–H groups in total. The lowest BCUT2D eigenvalue weighted by atomic mass is 10.0. The fourth-order valence-corrected chi connectivity index (χ4v) is 2.36. The predicted octanol–water partition coefficient (Wildman–Crippen LogP) is 3.08. The minimum absolute atomic E-state index is 0.0756. The summed E-state index contributed by atoms with van der Waals surface area (Å²) in [5, 5.41) is 10.1. The molecule has 2 heterocycles. The summed E-state index contributed by atoms with van der Waals surface area (Å²) in [4.78, 5) is 16.0. The summed E-state index contributed by atoms with van der Waals surface area (Å²) in [6.07, 6.45) is 12.8. The molecule has 1 aromatic heterocycles. The Kier molecular flexibility index (Phi) is 4.68. The van der Waals surface area contributed by atoms with Gasteiger partial charge < -0.3 is 14.6 Å². The standard InChI is InChI=1S/C18H17NO4/c20-15(13-6-8-19-9-7-13)10-16(21)18-12-22-17(11-23-18)14-4-2-1-3-5-14/h1-2,4,6-9,11-12,15,20H,3,5,10H2. The number of Topliss-reactive ketones (excluding diaryl/α,β-unsaturated/α-hetero) is 1. The summed E-state index contributed by atoms with van der Waals surface area (Å²) in [6, 6.07) is 3.34. The van der Waals surface area contributed by atoms with Crippen molar-refractivity contribution in [3.8, 4) is 0 Å². The molecule has 1 aromatic rings. The van der Waals surface area contributed by atoms with Crippen molar-refractivity contribution in [1.82, 2.24) is 4.98 Å². The van der Waals surface area contributed by atoms with Crippen molar-refractivity contribution in [2.24, 2.45) is 0 Å². The van der Waals surface area contributed by atoms with Gasteiger partial charge >= 0.3 is 0 Å². The Balaban J connectivity index is 1.59. The maximum atomic E-state index is 12.2. The number of rotatable bonds is 5. The van der Waals surface area contributed by atoms with Gasteiger partial charge in [0.05, 0.1) is 6.10 Å². The SMILES string of the molecule is O=C(CC(O)c1ccncc1)C1=COC(C2=CC=CCC2)=CO1. The Morgan fingerprint density at radius 1 is 1.26 bits per heavy atom. The van der Waals surface area contributed by atoms with E-state index in [1.54, 1.807) is 24.5 Å². The van der Waals surface area contributed by atoms with Gasteiger partial charge in [0.15, 0.2) is 5.76 Å². The summed E-state index contributed by atoms with van der Waals surface area (Å²) < 4.78 is 10.9. The molecule has 5 nitrogen and oxygen atoms in total.